The molecule has 0 radical (unpaired) electrons. The first kappa shape index (κ1) is 19.6. The fourth-order valence-electron chi connectivity index (χ4n) is 3.27. The van der Waals surface area contributed by atoms with Crippen LogP contribution in [0.1, 0.15) is 28.1 Å². The van der Waals surface area contributed by atoms with Crippen molar-refractivity contribution in [3.63, 3.8) is 0 Å². The van der Waals surface area contributed by atoms with Crippen LogP contribution in [0.15, 0.2) is 75.9 Å². The Kier molecular flexibility index (Phi) is 8.49. The summed E-state index contributed by atoms with van der Waals surface area (Å²) in [4.78, 5) is 0. The van der Waals surface area contributed by atoms with Crippen LogP contribution >= 0.6 is 0 Å². The lowest BCUT2D eigenvalue weighted by Gasteiger charge is -2.19. The molecular weight excluding hydrogens is 290 g/mol. The maximum absolute atomic E-state index is 3.95. The van der Waals surface area contributed by atoms with Crippen LogP contribution in [0.4, 0.5) is 0 Å². The lowest BCUT2D eigenvalue weighted by Crippen LogP contribution is -2.45. The number of hydrogen-bond donors (Lipinski definition) is 0. The van der Waals surface area contributed by atoms with Gasteiger partial charge in [-0.1, -0.05) is 37.0 Å². The number of hydrogen-bond acceptors (Lipinski definition) is 0. The summed E-state index contributed by atoms with van der Waals surface area (Å²) < 4.78 is 2.36. The van der Waals surface area contributed by atoms with Crippen molar-refractivity contribution in [1.29, 1.82) is 0 Å². The van der Waals surface area contributed by atoms with Gasteiger partial charge < -0.3 is 0 Å². The highest BCUT2D eigenvalue weighted by molar-refractivity contribution is 5.42. The van der Waals surface area contributed by atoms with E-state index in [-0.39, 0.29) is 0 Å². The van der Waals surface area contributed by atoms with E-state index in [0.29, 0.717) is 0 Å². The molecule has 24 heavy (non-hydrogen) atoms. The number of pyridine rings is 1. The van der Waals surface area contributed by atoms with Crippen molar-refractivity contribution in [2.75, 3.05) is 0 Å². The van der Waals surface area contributed by atoms with Gasteiger partial charge in [0.1, 0.15) is 0 Å². The van der Waals surface area contributed by atoms with Gasteiger partial charge in [-0.25, -0.2) is 0 Å². The van der Waals surface area contributed by atoms with Crippen LogP contribution in [0.5, 0.6) is 0 Å². The smallest absolute Gasteiger partial charge is 0.189 e. The summed E-state index contributed by atoms with van der Waals surface area (Å²) >= 11 is 0. The fraction of sp³-hybridized carbons (Fsp3) is 0.261. The second-order valence-electron chi connectivity index (χ2n) is 5.69. The molecule has 0 spiro atoms. The van der Waals surface area contributed by atoms with E-state index in [1.165, 1.54) is 28.1 Å². The molecule has 0 saturated heterocycles. The zero-order valence-electron chi connectivity index (χ0n) is 14.9. The molecule has 1 nitrogen and oxygen atoms in total. The van der Waals surface area contributed by atoms with Crippen molar-refractivity contribution >= 4 is 0 Å². The van der Waals surface area contributed by atoms with E-state index in [2.05, 4.69) is 44.0 Å². The lowest BCUT2D eigenvalue weighted by atomic mass is 9.89. The van der Waals surface area contributed by atoms with Gasteiger partial charge in [0.15, 0.2) is 17.9 Å². The first-order chi connectivity index (χ1) is 11.7. The summed E-state index contributed by atoms with van der Waals surface area (Å²) in [5, 5.41) is 0. The molecule has 1 aromatic rings. The van der Waals surface area contributed by atoms with Gasteiger partial charge in [-0.05, 0) is 30.9 Å². The maximum Gasteiger partial charge on any atom is 0.189 e. The molecule has 0 atom stereocenters. The van der Waals surface area contributed by atoms with Crippen molar-refractivity contribution in [3.8, 4) is 0 Å². The zero-order valence-corrected chi connectivity index (χ0v) is 14.9. The predicted octanol–water partition coefficient (Wildman–Crippen LogP) is 4.80. The van der Waals surface area contributed by atoms with E-state index in [1.807, 2.05) is 36.5 Å². The number of rotatable bonds is 12. The van der Waals surface area contributed by atoms with E-state index < -0.39 is 0 Å². The summed E-state index contributed by atoms with van der Waals surface area (Å²) in [5.41, 5.74) is 6.57. The molecule has 0 aliphatic heterocycles. The van der Waals surface area contributed by atoms with Crippen molar-refractivity contribution in [3.05, 3.63) is 104 Å². The van der Waals surface area contributed by atoms with Crippen LogP contribution in [0.2, 0.25) is 0 Å². The molecule has 0 amide bonds. The average Bonchev–Trinajstić information content (AvgIpc) is 2.57. The molecule has 1 heterocycles. The van der Waals surface area contributed by atoms with Gasteiger partial charge in [0.2, 0.25) is 0 Å². The van der Waals surface area contributed by atoms with Gasteiger partial charge >= 0.3 is 0 Å². The van der Waals surface area contributed by atoms with Crippen LogP contribution < -0.4 is 4.57 Å². The van der Waals surface area contributed by atoms with E-state index in [4.69, 9.17) is 0 Å². The summed E-state index contributed by atoms with van der Waals surface area (Å²) in [6, 6.07) is 0. The summed E-state index contributed by atoms with van der Waals surface area (Å²) in [5.74, 6) is 0. The summed E-state index contributed by atoms with van der Waals surface area (Å²) in [6.45, 7) is 24.5. The Morgan fingerprint density at radius 3 is 1.21 bits per heavy atom. The molecule has 0 aliphatic rings. The van der Waals surface area contributed by atoms with Gasteiger partial charge in [0.25, 0.3) is 0 Å². The summed E-state index contributed by atoms with van der Waals surface area (Å²) in [6.07, 6.45) is 15.9. The normalized spacial score (nSPS) is 10.0. The molecule has 0 aromatic carbocycles. The van der Waals surface area contributed by atoms with Gasteiger partial charge in [-0.15, -0.1) is 32.9 Å². The van der Waals surface area contributed by atoms with Crippen LogP contribution in [0.3, 0.4) is 0 Å². The monoisotopic (exact) mass is 320 g/mol. The minimum atomic E-state index is 0.773. The van der Waals surface area contributed by atoms with Crippen molar-refractivity contribution in [2.24, 2.45) is 0 Å². The minimum Gasteiger partial charge on any atom is -0.195 e. The van der Waals surface area contributed by atoms with Gasteiger partial charge in [-0.3, -0.25) is 0 Å². The number of nitrogens with zero attached hydrogens (tertiary/aromatic N) is 1. The quantitative estimate of drug-likeness (QED) is 0.385. The van der Waals surface area contributed by atoms with Crippen molar-refractivity contribution < 1.29 is 4.57 Å². The fourth-order valence-corrected chi connectivity index (χ4v) is 3.27. The van der Waals surface area contributed by atoms with Crippen LogP contribution in [-0.2, 0) is 38.6 Å². The third-order valence-corrected chi connectivity index (χ3v) is 4.11. The first-order valence-electron chi connectivity index (χ1n) is 8.43. The standard InChI is InChI=1S/C23H30N/c1-7-13-19-20(14-8-2)22(16-10-4)24(18-12-6)23(17-11-5)21(19)15-9-3/h7-12H,1-6,13-18H2/q+1. The number of aromatic nitrogens is 1. The second kappa shape index (κ2) is 10.4. The minimum absolute atomic E-state index is 0.773. The Morgan fingerprint density at radius 2 is 0.875 bits per heavy atom. The lowest BCUT2D eigenvalue weighted by molar-refractivity contribution is -0.701. The zero-order chi connectivity index (χ0) is 17.9. The van der Waals surface area contributed by atoms with Gasteiger partial charge in [-0.2, -0.15) is 4.57 Å². The van der Waals surface area contributed by atoms with E-state index in [0.717, 1.165) is 38.6 Å². The molecule has 0 unspecified atom stereocenters. The topological polar surface area (TPSA) is 3.88 Å². The maximum atomic E-state index is 3.95. The van der Waals surface area contributed by atoms with Crippen LogP contribution in [0, 0.1) is 0 Å². The molecule has 0 aliphatic carbocycles. The molecule has 1 aromatic heterocycles. The van der Waals surface area contributed by atoms with Crippen molar-refractivity contribution in [1.82, 2.24) is 0 Å². The molecule has 0 N–H and O–H groups in total. The second-order valence-corrected chi connectivity index (χ2v) is 5.69. The van der Waals surface area contributed by atoms with E-state index in [1.54, 1.807) is 0 Å². The molecule has 1 rings (SSSR count). The Balaban J connectivity index is 3.93. The highest BCUT2D eigenvalue weighted by Crippen LogP contribution is 2.24. The highest BCUT2D eigenvalue weighted by Gasteiger charge is 2.26. The largest absolute Gasteiger partial charge is 0.195 e. The predicted molar refractivity (Wildman–Crippen MR) is 106 cm³/mol. The molecular formula is C23H30N+. The Labute approximate surface area is 147 Å². The third kappa shape index (κ3) is 4.32. The van der Waals surface area contributed by atoms with Crippen molar-refractivity contribution in [2.45, 2.75) is 38.6 Å². The Hall–Kier alpha value is -2.41. The molecule has 0 bridgehead atoms. The van der Waals surface area contributed by atoms with E-state index >= 15 is 0 Å². The highest BCUT2D eigenvalue weighted by atomic mass is 15.0. The molecule has 0 fully saturated rings. The van der Waals surface area contributed by atoms with Crippen LogP contribution in [0.25, 0.3) is 0 Å². The third-order valence-electron chi connectivity index (χ3n) is 4.11. The molecule has 0 saturated carbocycles. The van der Waals surface area contributed by atoms with Crippen LogP contribution in [-0.4, -0.2) is 0 Å². The van der Waals surface area contributed by atoms with Gasteiger partial charge in [0, 0.05) is 11.1 Å². The number of allylic oxidation sites excluding steroid dienone is 6. The Bertz CT molecular complexity index is 479. The molecule has 1 heteroatoms. The van der Waals surface area contributed by atoms with E-state index in [9.17, 15) is 0 Å². The Morgan fingerprint density at radius 1 is 0.500 bits per heavy atom. The average molecular weight is 321 g/mol. The van der Waals surface area contributed by atoms with Gasteiger partial charge in [0.05, 0.1) is 12.8 Å². The SMILES string of the molecule is C=CCc1c(CC=C)c(CC=C)[n+](CC=C)c(CC=C)c1CC=C. The first-order valence-corrected chi connectivity index (χ1v) is 8.43. The summed E-state index contributed by atoms with van der Waals surface area (Å²) in [7, 11) is 0. The molecule has 126 valence electrons.